The molecule has 0 radical (unpaired) electrons. The minimum absolute atomic E-state index is 0.259. The van der Waals surface area contributed by atoms with E-state index >= 15 is 0 Å². The molecule has 0 aromatic heterocycles. The Morgan fingerprint density at radius 2 is 1.95 bits per heavy atom. The Kier molecular flexibility index (Phi) is 5.11. The zero-order valence-electron chi connectivity index (χ0n) is 11.8. The number of carbonyl (C=O) groups excluding carboxylic acids is 1. The maximum atomic E-state index is 12.0. The van der Waals surface area contributed by atoms with Gasteiger partial charge in [-0.3, -0.25) is 0 Å². The summed E-state index contributed by atoms with van der Waals surface area (Å²) in [6, 6.07) is 15.0. The number of nitrogen functional groups attached to an aromatic ring is 1. The van der Waals surface area contributed by atoms with Gasteiger partial charge >= 0.3 is 6.09 Å². The summed E-state index contributed by atoms with van der Waals surface area (Å²) >= 11 is 4.36. The molecule has 2 N–H and O–H groups in total. The van der Waals surface area contributed by atoms with Gasteiger partial charge in [0.15, 0.2) is 0 Å². The van der Waals surface area contributed by atoms with Crippen LogP contribution in [0, 0.1) is 0 Å². The third kappa shape index (κ3) is 4.43. The number of amides is 1. The number of benzene rings is 2. The highest BCUT2D eigenvalue weighted by Crippen LogP contribution is 2.19. The molecule has 0 bridgehead atoms. The number of nitrogens with two attached hydrogens (primary N) is 1. The van der Waals surface area contributed by atoms with Crippen molar-refractivity contribution in [3.63, 3.8) is 0 Å². The van der Waals surface area contributed by atoms with Crippen molar-refractivity contribution in [1.29, 1.82) is 0 Å². The molecule has 0 atom stereocenters. The zero-order chi connectivity index (χ0) is 15.2. The number of hydrogen-bond donors (Lipinski definition) is 2. The molecule has 5 heteroatoms. The second kappa shape index (κ2) is 7.04. The summed E-state index contributed by atoms with van der Waals surface area (Å²) in [5.41, 5.74) is 8.24. The summed E-state index contributed by atoms with van der Waals surface area (Å²) in [6.45, 7) is 0.659. The van der Waals surface area contributed by atoms with Gasteiger partial charge in [0.05, 0.1) is 0 Å². The number of rotatable bonds is 4. The van der Waals surface area contributed by atoms with Crippen LogP contribution in [0.15, 0.2) is 53.4 Å². The van der Waals surface area contributed by atoms with Crippen LogP contribution in [0.2, 0.25) is 0 Å². The van der Waals surface area contributed by atoms with Crippen LogP contribution < -0.4 is 5.73 Å². The fourth-order valence-corrected chi connectivity index (χ4v) is 2.09. The van der Waals surface area contributed by atoms with Crippen LogP contribution in [-0.2, 0) is 17.9 Å². The lowest BCUT2D eigenvalue weighted by Crippen LogP contribution is -2.27. The van der Waals surface area contributed by atoms with E-state index < -0.39 is 0 Å². The van der Waals surface area contributed by atoms with Crippen LogP contribution in [0.4, 0.5) is 10.5 Å². The molecule has 0 unspecified atom stereocenters. The van der Waals surface area contributed by atoms with Crippen LogP contribution in [0.3, 0.4) is 0 Å². The van der Waals surface area contributed by atoms with Crippen molar-refractivity contribution in [1.82, 2.24) is 4.90 Å². The third-order valence-electron chi connectivity index (χ3n) is 3.03. The van der Waals surface area contributed by atoms with E-state index in [0.29, 0.717) is 12.2 Å². The van der Waals surface area contributed by atoms with Gasteiger partial charge in [0.25, 0.3) is 0 Å². The largest absolute Gasteiger partial charge is 0.445 e. The number of hydrogen-bond acceptors (Lipinski definition) is 4. The summed E-state index contributed by atoms with van der Waals surface area (Å²) < 4.78 is 5.26. The van der Waals surface area contributed by atoms with Gasteiger partial charge < -0.3 is 15.4 Å². The standard InChI is InChI=1S/C16H18N2O2S/c1-18(10-13-9-14(17)7-8-15(13)21)16(19)20-11-12-5-3-2-4-6-12/h2-9,21H,10-11,17H2,1H3. The molecule has 21 heavy (non-hydrogen) atoms. The van der Waals surface area contributed by atoms with Crippen LogP contribution in [0.5, 0.6) is 0 Å². The molecule has 2 aromatic carbocycles. The molecule has 0 heterocycles. The van der Waals surface area contributed by atoms with Crippen LogP contribution in [-0.4, -0.2) is 18.0 Å². The molecule has 0 aliphatic heterocycles. The van der Waals surface area contributed by atoms with Gasteiger partial charge in [0, 0.05) is 24.2 Å². The molecule has 0 fully saturated rings. The normalized spacial score (nSPS) is 10.2. The molecule has 0 aliphatic rings. The Hall–Kier alpha value is -2.14. The SMILES string of the molecule is CN(Cc1cc(N)ccc1S)C(=O)OCc1ccccc1. The van der Waals surface area contributed by atoms with Crippen molar-refractivity contribution in [3.8, 4) is 0 Å². The summed E-state index contributed by atoms with van der Waals surface area (Å²) in [6.07, 6.45) is -0.381. The van der Waals surface area contributed by atoms with E-state index in [4.69, 9.17) is 10.5 Å². The molecule has 0 saturated carbocycles. The molecule has 110 valence electrons. The lowest BCUT2D eigenvalue weighted by molar-refractivity contribution is 0.102. The van der Waals surface area contributed by atoms with Gasteiger partial charge in [-0.2, -0.15) is 0 Å². The highest BCUT2D eigenvalue weighted by Gasteiger charge is 2.12. The summed E-state index contributed by atoms with van der Waals surface area (Å²) in [5, 5.41) is 0. The molecule has 1 amide bonds. The second-order valence-corrected chi connectivity index (χ2v) is 5.27. The van der Waals surface area contributed by atoms with E-state index in [9.17, 15) is 4.79 Å². The number of carbonyl (C=O) groups is 1. The topological polar surface area (TPSA) is 55.6 Å². The lowest BCUT2D eigenvalue weighted by Gasteiger charge is -2.18. The molecular weight excluding hydrogens is 284 g/mol. The van der Waals surface area contributed by atoms with Crippen molar-refractivity contribution in [2.45, 2.75) is 18.0 Å². The Morgan fingerprint density at radius 1 is 1.24 bits per heavy atom. The van der Waals surface area contributed by atoms with Crippen molar-refractivity contribution < 1.29 is 9.53 Å². The molecule has 2 rings (SSSR count). The first-order chi connectivity index (χ1) is 10.1. The van der Waals surface area contributed by atoms with Crippen LogP contribution >= 0.6 is 12.6 Å². The van der Waals surface area contributed by atoms with Gasteiger partial charge in [-0.05, 0) is 29.3 Å². The Morgan fingerprint density at radius 3 is 2.67 bits per heavy atom. The predicted octanol–water partition coefficient (Wildman–Crippen LogP) is 3.33. The maximum Gasteiger partial charge on any atom is 0.410 e. The van der Waals surface area contributed by atoms with Crippen molar-refractivity contribution in [2.75, 3.05) is 12.8 Å². The third-order valence-corrected chi connectivity index (χ3v) is 3.46. The number of ether oxygens (including phenoxy) is 1. The minimum Gasteiger partial charge on any atom is -0.445 e. The zero-order valence-corrected chi connectivity index (χ0v) is 12.7. The van der Waals surface area contributed by atoms with Crippen molar-refractivity contribution in [2.24, 2.45) is 0 Å². The van der Waals surface area contributed by atoms with E-state index in [-0.39, 0.29) is 12.7 Å². The quantitative estimate of drug-likeness (QED) is 0.673. The monoisotopic (exact) mass is 302 g/mol. The summed E-state index contributed by atoms with van der Waals surface area (Å²) in [4.78, 5) is 14.3. The van der Waals surface area contributed by atoms with E-state index in [1.807, 2.05) is 42.5 Å². The first-order valence-electron chi connectivity index (χ1n) is 6.55. The minimum atomic E-state index is -0.381. The molecule has 0 saturated heterocycles. The van der Waals surface area contributed by atoms with E-state index in [1.54, 1.807) is 13.1 Å². The number of thiol groups is 1. The first kappa shape index (κ1) is 15.3. The van der Waals surface area contributed by atoms with Crippen molar-refractivity contribution in [3.05, 3.63) is 59.7 Å². The van der Waals surface area contributed by atoms with Gasteiger partial charge in [0.1, 0.15) is 6.61 Å². The lowest BCUT2D eigenvalue weighted by atomic mass is 10.2. The van der Waals surface area contributed by atoms with E-state index in [0.717, 1.165) is 16.0 Å². The van der Waals surface area contributed by atoms with Crippen LogP contribution in [0.1, 0.15) is 11.1 Å². The van der Waals surface area contributed by atoms with Gasteiger partial charge in [-0.15, -0.1) is 12.6 Å². The van der Waals surface area contributed by atoms with E-state index in [1.165, 1.54) is 4.90 Å². The molecular formula is C16H18N2O2S. The molecule has 0 spiro atoms. The Labute approximate surface area is 129 Å². The van der Waals surface area contributed by atoms with Crippen LogP contribution in [0.25, 0.3) is 0 Å². The van der Waals surface area contributed by atoms with Crippen molar-refractivity contribution >= 4 is 24.4 Å². The molecule has 2 aromatic rings. The maximum absolute atomic E-state index is 12.0. The molecule has 4 nitrogen and oxygen atoms in total. The van der Waals surface area contributed by atoms with Gasteiger partial charge in [-0.1, -0.05) is 30.3 Å². The number of anilines is 1. The fourth-order valence-electron chi connectivity index (χ4n) is 1.88. The second-order valence-electron chi connectivity index (χ2n) is 4.78. The summed E-state index contributed by atoms with van der Waals surface area (Å²) in [7, 11) is 1.68. The average Bonchev–Trinajstić information content (AvgIpc) is 2.49. The van der Waals surface area contributed by atoms with E-state index in [2.05, 4.69) is 12.6 Å². The first-order valence-corrected chi connectivity index (χ1v) is 7.00. The smallest absolute Gasteiger partial charge is 0.410 e. The number of nitrogens with zero attached hydrogens (tertiary/aromatic N) is 1. The Bertz CT molecular complexity index is 617. The Balaban J connectivity index is 1.92. The average molecular weight is 302 g/mol. The highest BCUT2D eigenvalue weighted by atomic mass is 32.1. The summed E-state index contributed by atoms with van der Waals surface area (Å²) in [5.74, 6) is 0. The van der Waals surface area contributed by atoms with Gasteiger partial charge in [0.2, 0.25) is 0 Å². The molecule has 0 aliphatic carbocycles. The predicted molar refractivity (Wildman–Crippen MR) is 86.2 cm³/mol. The fraction of sp³-hybridized carbons (Fsp3) is 0.188. The highest BCUT2D eigenvalue weighted by molar-refractivity contribution is 7.80. The van der Waals surface area contributed by atoms with Gasteiger partial charge in [-0.25, -0.2) is 4.79 Å².